The second kappa shape index (κ2) is 6.84. The lowest BCUT2D eigenvalue weighted by Crippen LogP contribution is -2.30. The number of hydrogen-bond donors (Lipinski definition) is 0. The van der Waals surface area contributed by atoms with E-state index in [1.807, 2.05) is 37.3 Å². The van der Waals surface area contributed by atoms with Crippen molar-refractivity contribution in [3.63, 3.8) is 0 Å². The Bertz CT molecular complexity index is 1340. The molecule has 0 fully saturated rings. The number of aryl methyl sites for hydroxylation is 1. The number of anilines is 1. The van der Waals surface area contributed by atoms with Crippen molar-refractivity contribution in [2.45, 2.75) is 13.0 Å². The van der Waals surface area contributed by atoms with Crippen LogP contribution in [-0.2, 0) is 0 Å². The molecule has 0 N–H and O–H groups in total. The smallest absolute Gasteiger partial charge is 0.296 e. The summed E-state index contributed by atoms with van der Waals surface area (Å²) >= 11 is 0. The van der Waals surface area contributed by atoms with Gasteiger partial charge in [-0.3, -0.25) is 14.5 Å². The average Bonchev–Trinajstić information content (AvgIpc) is 3.07. The predicted octanol–water partition coefficient (Wildman–Crippen LogP) is 4.25. The third kappa shape index (κ3) is 2.69. The number of amides is 1. The monoisotopic (exact) mass is 398 g/mol. The highest BCUT2D eigenvalue weighted by molar-refractivity contribution is 6.10. The summed E-state index contributed by atoms with van der Waals surface area (Å²) in [7, 11) is 1.58. The highest BCUT2D eigenvalue weighted by atomic mass is 16.5. The fourth-order valence-corrected chi connectivity index (χ4v) is 3.89. The first-order chi connectivity index (χ1) is 14.6. The third-order valence-electron chi connectivity index (χ3n) is 5.33. The van der Waals surface area contributed by atoms with E-state index in [1.54, 1.807) is 43.6 Å². The summed E-state index contributed by atoms with van der Waals surface area (Å²) in [5, 5.41) is 0.440. The van der Waals surface area contributed by atoms with Gasteiger partial charge in [0.05, 0.1) is 24.1 Å². The van der Waals surface area contributed by atoms with Crippen LogP contribution in [-0.4, -0.2) is 18.0 Å². The number of fused-ring (bicyclic) bond motifs is 2. The van der Waals surface area contributed by atoms with Crippen molar-refractivity contribution in [3.8, 4) is 5.75 Å². The van der Waals surface area contributed by atoms with E-state index in [0.29, 0.717) is 28.1 Å². The van der Waals surface area contributed by atoms with Crippen molar-refractivity contribution in [2.75, 3.05) is 12.0 Å². The average molecular weight is 398 g/mol. The second-order valence-corrected chi connectivity index (χ2v) is 7.22. The molecule has 148 valence electrons. The van der Waals surface area contributed by atoms with Crippen LogP contribution in [0.5, 0.6) is 5.75 Å². The molecule has 5 rings (SSSR count). The minimum atomic E-state index is -0.668. The molecule has 1 unspecified atom stereocenters. The summed E-state index contributed by atoms with van der Waals surface area (Å²) in [6.45, 7) is 1.93. The van der Waals surface area contributed by atoms with Gasteiger partial charge in [0.2, 0.25) is 5.76 Å². The first kappa shape index (κ1) is 18.1. The minimum Gasteiger partial charge on any atom is -0.497 e. The molecular weight excluding hydrogens is 380 g/mol. The number of nitrogens with zero attached hydrogens (tertiary/aromatic N) is 2. The molecule has 0 bridgehead atoms. The first-order valence-electron chi connectivity index (χ1n) is 9.54. The number of aromatic nitrogens is 1. The van der Waals surface area contributed by atoms with Crippen molar-refractivity contribution in [3.05, 3.63) is 99.5 Å². The predicted molar refractivity (Wildman–Crippen MR) is 113 cm³/mol. The molecule has 4 aromatic rings. The number of carbonyl (C=O) groups excluding carboxylic acids is 1. The van der Waals surface area contributed by atoms with Crippen LogP contribution in [0.3, 0.4) is 0 Å². The van der Waals surface area contributed by atoms with Gasteiger partial charge < -0.3 is 9.15 Å². The standard InChI is InChI=1S/C24H18N2O4/c1-14-10-11-19(25-13-14)26-21(15-6-5-7-16(12-15)29-2)20-22(27)17-8-3-4-9-18(17)30-23(20)24(26)28/h3-13,21H,1-2H3. The lowest BCUT2D eigenvalue weighted by atomic mass is 9.98. The number of rotatable bonds is 3. The molecule has 1 aliphatic heterocycles. The fraction of sp³-hybridized carbons (Fsp3) is 0.125. The Hall–Kier alpha value is -3.93. The zero-order chi connectivity index (χ0) is 20.8. The Morgan fingerprint density at radius 2 is 1.87 bits per heavy atom. The van der Waals surface area contributed by atoms with E-state index in [0.717, 1.165) is 11.1 Å². The van der Waals surface area contributed by atoms with Crippen molar-refractivity contribution in [2.24, 2.45) is 0 Å². The second-order valence-electron chi connectivity index (χ2n) is 7.22. The molecule has 1 atom stereocenters. The van der Waals surface area contributed by atoms with Gasteiger partial charge in [-0.25, -0.2) is 4.98 Å². The molecule has 1 aliphatic rings. The number of ether oxygens (including phenoxy) is 1. The van der Waals surface area contributed by atoms with Crippen molar-refractivity contribution < 1.29 is 13.9 Å². The van der Waals surface area contributed by atoms with E-state index < -0.39 is 11.9 Å². The molecule has 30 heavy (non-hydrogen) atoms. The van der Waals surface area contributed by atoms with E-state index in [-0.39, 0.29) is 11.2 Å². The maximum Gasteiger partial charge on any atom is 0.296 e. The molecule has 6 heteroatoms. The fourth-order valence-electron chi connectivity index (χ4n) is 3.89. The van der Waals surface area contributed by atoms with Crippen LogP contribution < -0.4 is 15.1 Å². The molecule has 2 aromatic carbocycles. The van der Waals surface area contributed by atoms with Gasteiger partial charge >= 0.3 is 0 Å². The molecule has 1 amide bonds. The summed E-state index contributed by atoms with van der Waals surface area (Å²) in [5.41, 5.74) is 2.20. The van der Waals surface area contributed by atoms with E-state index in [9.17, 15) is 9.59 Å². The number of methoxy groups -OCH3 is 1. The molecular formula is C24H18N2O4. The van der Waals surface area contributed by atoms with Gasteiger partial charge in [-0.05, 0) is 48.4 Å². The zero-order valence-electron chi connectivity index (χ0n) is 16.5. The van der Waals surface area contributed by atoms with Crippen LogP contribution in [0.15, 0.2) is 76.1 Å². The first-order valence-corrected chi connectivity index (χ1v) is 9.54. The SMILES string of the molecule is COc1cccc(C2c3c(oc4ccccc4c3=O)C(=O)N2c2ccc(C)cn2)c1. The number of carbonyl (C=O) groups is 1. The topological polar surface area (TPSA) is 72.6 Å². The van der Waals surface area contributed by atoms with Crippen LogP contribution in [0.2, 0.25) is 0 Å². The van der Waals surface area contributed by atoms with Gasteiger partial charge in [-0.15, -0.1) is 0 Å². The largest absolute Gasteiger partial charge is 0.497 e. The molecule has 3 heterocycles. The zero-order valence-corrected chi connectivity index (χ0v) is 16.5. The molecule has 0 saturated heterocycles. The molecule has 0 aliphatic carbocycles. The van der Waals surface area contributed by atoms with Crippen molar-refractivity contribution >= 4 is 22.7 Å². The summed E-state index contributed by atoms with van der Waals surface area (Å²) < 4.78 is 11.3. The van der Waals surface area contributed by atoms with E-state index >= 15 is 0 Å². The quantitative estimate of drug-likeness (QED) is 0.516. The number of para-hydroxylation sites is 1. The summed E-state index contributed by atoms with van der Waals surface area (Å²) in [6, 6.07) is 17.3. The molecule has 0 radical (unpaired) electrons. The third-order valence-corrected chi connectivity index (χ3v) is 5.33. The van der Waals surface area contributed by atoms with Crippen LogP contribution in [0.25, 0.3) is 11.0 Å². The van der Waals surface area contributed by atoms with Crippen molar-refractivity contribution in [1.82, 2.24) is 4.98 Å². The lowest BCUT2D eigenvalue weighted by Gasteiger charge is -2.24. The molecule has 2 aromatic heterocycles. The van der Waals surface area contributed by atoms with Gasteiger partial charge in [0.15, 0.2) is 5.43 Å². The Labute approximate surface area is 172 Å². The molecule has 0 saturated carbocycles. The van der Waals surface area contributed by atoms with Gasteiger partial charge in [0, 0.05) is 6.20 Å². The van der Waals surface area contributed by atoms with Gasteiger partial charge in [0.1, 0.15) is 17.2 Å². The maximum atomic E-state index is 13.4. The van der Waals surface area contributed by atoms with E-state index in [1.165, 1.54) is 4.90 Å². The van der Waals surface area contributed by atoms with Gasteiger partial charge in [-0.2, -0.15) is 0 Å². The van der Waals surface area contributed by atoms with Crippen LogP contribution >= 0.6 is 0 Å². The number of hydrogen-bond acceptors (Lipinski definition) is 5. The summed E-state index contributed by atoms with van der Waals surface area (Å²) in [6.07, 6.45) is 1.69. The minimum absolute atomic E-state index is 0.0499. The highest BCUT2D eigenvalue weighted by Gasteiger charge is 2.44. The highest BCUT2D eigenvalue weighted by Crippen LogP contribution is 2.41. The summed E-state index contributed by atoms with van der Waals surface area (Å²) in [5.74, 6) is 0.745. The maximum absolute atomic E-state index is 13.4. The van der Waals surface area contributed by atoms with Crippen LogP contribution in [0.1, 0.15) is 33.3 Å². The Morgan fingerprint density at radius 1 is 1.03 bits per heavy atom. The Balaban J connectivity index is 1.81. The van der Waals surface area contributed by atoms with Crippen molar-refractivity contribution in [1.29, 1.82) is 0 Å². The Kier molecular flexibility index (Phi) is 4.13. The van der Waals surface area contributed by atoms with E-state index in [2.05, 4.69) is 4.98 Å². The van der Waals surface area contributed by atoms with E-state index in [4.69, 9.17) is 9.15 Å². The van der Waals surface area contributed by atoms with Gasteiger partial charge in [-0.1, -0.05) is 30.3 Å². The normalized spacial score (nSPS) is 15.5. The Morgan fingerprint density at radius 3 is 2.63 bits per heavy atom. The lowest BCUT2D eigenvalue weighted by molar-refractivity contribution is 0.0970. The summed E-state index contributed by atoms with van der Waals surface area (Å²) in [4.78, 5) is 32.8. The number of benzene rings is 2. The van der Waals surface area contributed by atoms with Gasteiger partial charge in [0.25, 0.3) is 5.91 Å². The van der Waals surface area contributed by atoms with Crippen LogP contribution in [0, 0.1) is 6.92 Å². The number of pyridine rings is 1. The van der Waals surface area contributed by atoms with Crippen LogP contribution in [0.4, 0.5) is 5.82 Å². The molecule has 0 spiro atoms. The molecule has 6 nitrogen and oxygen atoms in total.